The summed E-state index contributed by atoms with van der Waals surface area (Å²) in [5.74, 6) is -1.18. The van der Waals surface area contributed by atoms with E-state index in [1.165, 1.54) is 24.3 Å². The number of nitrogens with one attached hydrogen (secondary N) is 2. The fourth-order valence-electron chi connectivity index (χ4n) is 2.15. The second-order valence-corrected chi connectivity index (χ2v) is 6.79. The van der Waals surface area contributed by atoms with Gasteiger partial charge in [-0.05, 0) is 55.5 Å². The summed E-state index contributed by atoms with van der Waals surface area (Å²) in [5.41, 5.74) is 1.39. The largest absolute Gasteiger partial charge is 0.321 e. The molecule has 26 heavy (non-hydrogen) atoms. The molecule has 3 rings (SSSR count). The highest BCUT2D eigenvalue weighted by Gasteiger charge is 2.17. The van der Waals surface area contributed by atoms with Crippen LogP contribution in [0.4, 0.5) is 15.2 Å². The van der Waals surface area contributed by atoms with Crippen LogP contribution in [0.3, 0.4) is 0 Å². The number of anilines is 2. The smallest absolute Gasteiger partial charge is 0.267 e. The van der Waals surface area contributed by atoms with Crippen LogP contribution in [0.25, 0.3) is 0 Å². The molecule has 5 nitrogen and oxygen atoms in total. The summed E-state index contributed by atoms with van der Waals surface area (Å²) in [6, 6.07) is 11.9. The van der Waals surface area contributed by atoms with E-state index in [0.29, 0.717) is 26.8 Å². The Labute approximate surface area is 157 Å². The van der Waals surface area contributed by atoms with Crippen molar-refractivity contribution in [1.82, 2.24) is 4.98 Å². The molecule has 3 aromatic rings. The summed E-state index contributed by atoms with van der Waals surface area (Å²) in [6.07, 6.45) is 0. The summed E-state index contributed by atoms with van der Waals surface area (Å²) < 4.78 is 12.9. The Kier molecular flexibility index (Phi) is 5.29. The molecule has 1 heterocycles. The van der Waals surface area contributed by atoms with E-state index in [4.69, 9.17) is 11.6 Å². The zero-order valence-corrected chi connectivity index (χ0v) is 15.1. The fraction of sp³-hybridized carbons (Fsp3) is 0.0556. The van der Waals surface area contributed by atoms with E-state index >= 15 is 0 Å². The van der Waals surface area contributed by atoms with E-state index in [-0.39, 0.29) is 11.0 Å². The van der Waals surface area contributed by atoms with Crippen LogP contribution in [0, 0.1) is 12.7 Å². The van der Waals surface area contributed by atoms with E-state index in [1.54, 1.807) is 31.2 Å². The second kappa shape index (κ2) is 7.63. The first kappa shape index (κ1) is 18.0. The average molecular weight is 390 g/mol. The quantitative estimate of drug-likeness (QED) is 0.676. The number of hydrogen-bond donors (Lipinski definition) is 2. The van der Waals surface area contributed by atoms with E-state index in [0.717, 1.165) is 11.3 Å². The maximum absolute atomic E-state index is 12.9. The molecule has 132 valence electrons. The Morgan fingerprint density at radius 2 is 1.65 bits per heavy atom. The highest BCUT2D eigenvalue weighted by Crippen LogP contribution is 2.24. The molecular weight excluding hydrogens is 377 g/mol. The number of aromatic nitrogens is 1. The van der Waals surface area contributed by atoms with Crippen LogP contribution in [-0.2, 0) is 0 Å². The highest BCUT2D eigenvalue weighted by molar-refractivity contribution is 7.17. The van der Waals surface area contributed by atoms with Crippen molar-refractivity contribution in [2.45, 2.75) is 6.92 Å². The van der Waals surface area contributed by atoms with Crippen molar-refractivity contribution < 1.29 is 14.0 Å². The lowest BCUT2D eigenvalue weighted by Gasteiger charge is -2.03. The van der Waals surface area contributed by atoms with Gasteiger partial charge in [-0.2, -0.15) is 0 Å². The minimum Gasteiger partial charge on any atom is -0.321 e. The molecular formula is C18H13ClFN3O2S. The molecule has 0 aliphatic carbocycles. The third-order valence-corrected chi connectivity index (χ3v) is 4.76. The van der Waals surface area contributed by atoms with Crippen molar-refractivity contribution in [1.29, 1.82) is 0 Å². The fourth-order valence-corrected chi connectivity index (χ4v) is 3.13. The zero-order valence-electron chi connectivity index (χ0n) is 13.5. The molecule has 0 atom stereocenters. The Balaban J connectivity index is 1.71. The number of amides is 2. The molecule has 8 heteroatoms. The molecule has 2 amide bonds. The number of halogens is 2. The SMILES string of the molecule is Cc1nc(NC(=O)c2ccc(F)cc2)sc1C(=O)Nc1ccc(Cl)cc1. The molecule has 0 bridgehead atoms. The Bertz CT molecular complexity index is 956. The van der Waals surface area contributed by atoms with Gasteiger partial charge in [-0.25, -0.2) is 9.37 Å². The molecule has 1 aromatic heterocycles. The Morgan fingerprint density at radius 1 is 1.00 bits per heavy atom. The van der Waals surface area contributed by atoms with Gasteiger partial charge in [0.15, 0.2) is 5.13 Å². The first-order chi connectivity index (χ1) is 12.4. The molecule has 0 radical (unpaired) electrons. The first-order valence-corrected chi connectivity index (χ1v) is 8.73. The van der Waals surface area contributed by atoms with Gasteiger partial charge in [0.25, 0.3) is 11.8 Å². The molecule has 0 unspecified atom stereocenters. The van der Waals surface area contributed by atoms with Gasteiger partial charge in [0.05, 0.1) is 5.69 Å². The van der Waals surface area contributed by atoms with E-state index < -0.39 is 11.7 Å². The monoisotopic (exact) mass is 389 g/mol. The lowest BCUT2D eigenvalue weighted by Crippen LogP contribution is -2.11. The third-order valence-electron chi connectivity index (χ3n) is 3.43. The van der Waals surface area contributed by atoms with Crippen LogP contribution in [0.1, 0.15) is 25.7 Å². The van der Waals surface area contributed by atoms with Crippen LogP contribution >= 0.6 is 22.9 Å². The first-order valence-electron chi connectivity index (χ1n) is 7.53. The van der Waals surface area contributed by atoms with Gasteiger partial charge in [0.2, 0.25) is 0 Å². The molecule has 0 fully saturated rings. The Morgan fingerprint density at radius 3 is 2.31 bits per heavy atom. The van der Waals surface area contributed by atoms with Gasteiger partial charge in [0.1, 0.15) is 10.7 Å². The number of carbonyl (C=O) groups is 2. The number of carbonyl (C=O) groups excluding carboxylic acids is 2. The summed E-state index contributed by atoms with van der Waals surface area (Å²) >= 11 is 6.88. The lowest BCUT2D eigenvalue weighted by molar-refractivity contribution is 0.102. The van der Waals surface area contributed by atoms with Crippen molar-refractivity contribution in [3.8, 4) is 0 Å². The molecule has 0 saturated heterocycles. The molecule has 2 aromatic carbocycles. The van der Waals surface area contributed by atoms with Crippen LogP contribution in [0.2, 0.25) is 5.02 Å². The van der Waals surface area contributed by atoms with E-state index in [2.05, 4.69) is 15.6 Å². The lowest BCUT2D eigenvalue weighted by atomic mass is 10.2. The van der Waals surface area contributed by atoms with Gasteiger partial charge in [-0.3, -0.25) is 14.9 Å². The molecule has 0 aliphatic rings. The standard InChI is InChI=1S/C18H13ClFN3O2S/c1-10-15(17(25)22-14-8-4-12(19)5-9-14)26-18(21-10)23-16(24)11-2-6-13(20)7-3-11/h2-9H,1H3,(H,22,25)(H,21,23,24). The maximum Gasteiger partial charge on any atom is 0.267 e. The van der Waals surface area contributed by atoms with Gasteiger partial charge in [-0.1, -0.05) is 22.9 Å². The third kappa shape index (κ3) is 4.25. The predicted octanol–water partition coefficient (Wildman–Crippen LogP) is 4.75. The summed E-state index contributed by atoms with van der Waals surface area (Å²) in [5, 5.41) is 6.22. The van der Waals surface area contributed by atoms with Crippen LogP contribution in [0.15, 0.2) is 48.5 Å². The summed E-state index contributed by atoms with van der Waals surface area (Å²) in [4.78, 5) is 29.1. The van der Waals surface area contributed by atoms with Crippen LogP contribution in [0.5, 0.6) is 0 Å². The average Bonchev–Trinajstić information content (AvgIpc) is 2.98. The second-order valence-electron chi connectivity index (χ2n) is 5.36. The number of rotatable bonds is 4. The van der Waals surface area contributed by atoms with Crippen molar-refractivity contribution in [2.75, 3.05) is 10.6 Å². The number of thiazole rings is 1. The summed E-state index contributed by atoms with van der Waals surface area (Å²) in [6.45, 7) is 1.68. The number of hydrogen-bond acceptors (Lipinski definition) is 4. The van der Waals surface area contributed by atoms with Crippen LogP contribution < -0.4 is 10.6 Å². The van der Waals surface area contributed by atoms with Gasteiger partial charge >= 0.3 is 0 Å². The van der Waals surface area contributed by atoms with Crippen molar-refractivity contribution in [3.63, 3.8) is 0 Å². The molecule has 0 saturated carbocycles. The van der Waals surface area contributed by atoms with Gasteiger partial charge < -0.3 is 5.32 Å². The van der Waals surface area contributed by atoms with E-state index in [1.807, 2.05) is 0 Å². The summed E-state index contributed by atoms with van der Waals surface area (Å²) in [7, 11) is 0. The topological polar surface area (TPSA) is 71.1 Å². The predicted molar refractivity (Wildman–Crippen MR) is 101 cm³/mol. The number of aryl methyl sites for hydroxylation is 1. The van der Waals surface area contributed by atoms with Crippen molar-refractivity contribution in [3.05, 3.63) is 75.5 Å². The Hall–Kier alpha value is -2.77. The van der Waals surface area contributed by atoms with Gasteiger partial charge in [-0.15, -0.1) is 0 Å². The van der Waals surface area contributed by atoms with Crippen molar-refractivity contribution >= 4 is 45.6 Å². The minimum absolute atomic E-state index is 0.290. The minimum atomic E-state index is -0.427. The number of nitrogens with zero attached hydrogens (tertiary/aromatic N) is 1. The molecule has 2 N–H and O–H groups in total. The highest BCUT2D eigenvalue weighted by atomic mass is 35.5. The zero-order chi connectivity index (χ0) is 18.7. The maximum atomic E-state index is 12.9. The molecule has 0 spiro atoms. The molecule has 0 aliphatic heterocycles. The van der Waals surface area contributed by atoms with Crippen molar-refractivity contribution in [2.24, 2.45) is 0 Å². The van der Waals surface area contributed by atoms with Crippen LogP contribution in [-0.4, -0.2) is 16.8 Å². The number of benzene rings is 2. The van der Waals surface area contributed by atoms with Gasteiger partial charge in [0, 0.05) is 16.3 Å². The van der Waals surface area contributed by atoms with E-state index in [9.17, 15) is 14.0 Å². The normalized spacial score (nSPS) is 10.4.